The third-order valence-corrected chi connectivity index (χ3v) is 2.44. The lowest BCUT2D eigenvalue weighted by molar-refractivity contribution is -0.141. The van der Waals surface area contributed by atoms with Gasteiger partial charge in [0, 0.05) is 5.69 Å². The van der Waals surface area contributed by atoms with E-state index in [1.165, 1.54) is 24.3 Å². The van der Waals surface area contributed by atoms with Gasteiger partial charge >= 0.3 is 5.97 Å². The Morgan fingerprint density at radius 3 is 2.74 bits per heavy atom. The summed E-state index contributed by atoms with van der Waals surface area (Å²) in [6, 6.07) is 4.50. The van der Waals surface area contributed by atoms with E-state index in [4.69, 9.17) is 5.11 Å². The predicted octanol–water partition coefficient (Wildman–Crippen LogP) is 1.61. The van der Waals surface area contributed by atoms with Crippen molar-refractivity contribution in [3.05, 3.63) is 30.1 Å². The molecule has 5 nitrogen and oxygen atoms in total. The predicted molar refractivity (Wildman–Crippen MR) is 69.4 cm³/mol. The molecule has 0 heterocycles. The van der Waals surface area contributed by atoms with E-state index in [9.17, 15) is 14.0 Å². The van der Waals surface area contributed by atoms with Gasteiger partial charge < -0.3 is 15.7 Å². The van der Waals surface area contributed by atoms with Gasteiger partial charge in [0.15, 0.2) is 0 Å². The molecule has 1 unspecified atom stereocenters. The number of carbonyl (C=O) groups is 2. The van der Waals surface area contributed by atoms with Crippen LogP contribution in [0, 0.1) is 5.82 Å². The molecule has 1 aromatic carbocycles. The van der Waals surface area contributed by atoms with E-state index in [1.807, 2.05) is 6.92 Å². The fourth-order valence-corrected chi connectivity index (χ4v) is 1.53. The molecule has 19 heavy (non-hydrogen) atoms. The molecule has 0 aliphatic heterocycles. The summed E-state index contributed by atoms with van der Waals surface area (Å²) in [5, 5.41) is 14.2. The van der Waals surface area contributed by atoms with E-state index in [2.05, 4.69) is 10.6 Å². The molecule has 0 saturated heterocycles. The molecule has 104 valence electrons. The lowest BCUT2D eigenvalue weighted by Crippen LogP contribution is -2.40. The highest BCUT2D eigenvalue weighted by molar-refractivity contribution is 5.94. The van der Waals surface area contributed by atoms with E-state index in [0.29, 0.717) is 12.2 Å². The molecule has 0 radical (unpaired) electrons. The van der Waals surface area contributed by atoms with Crippen LogP contribution in [0.3, 0.4) is 0 Å². The number of benzene rings is 1. The zero-order chi connectivity index (χ0) is 14.3. The van der Waals surface area contributed by atoms with Gasteiger partial charge in [-0.1, -0.05) is 13.0 Å². The van der Waals surface area contributed by atoms with Crippen molar-refractivity contribution in [3.63, 3.8) is 0 Å². The summed E-state index contributed by atoms with van der Waals surface area (Å²) < 4.78 is 12.9. The standard InChI is InChI=1S/C13H17FN2O3/c1-2-6-15-11(13(18)19)8-12(17)16-10-5-3-4-9(14)7-10/h3-5,7,11,15H,2,6,8H2,1H3,(H,16,17)(H,18,19). The first-order chi connectivity index (χ1) is 9.02. The number of carbonyl (C=O) groups excluding carboxylic acids is 1. The van der Waals surface area contributed by atoms with Crippen LogP contribution in [0.15, 0.2) is 24.3 Å². The fourth-order valence-electron chi connectivity index (χ4n) is 1.53. The van der Waals surface area contributed by atoms with Gasteiger partial charge in [0.1, 0.15) is 11.9 Å². The van der Waals surface area contributed by atoms with Crippen LogP contribution in [0.2, 0.25) is 0 Å². The normalized spacial score (nSPS) is 11.9. The van der Waals surface area contributed by atoms with Crippen molar-refractivity contribution in [2.45, 2.75) is 25.8 Å². The Kier molecular flexibility index (Phi) is 5.95. The molecule has 6 heteroatoms. The van der Waals surface area contributed by atoms with Gasteiger partial charge in [-0.3, -0.25) is 9.59 Å². The number of hydrogen-bond acceptors (Lipinski definition) is 3. The fraction of sp³-hybridized carbons (Fsp3) is 0.385. The number of carboxylic acids is 1. The highest BCUT2D eigenvalue weighted by Gasteiger charge is 2.20. The first kappa shape index (κ1) is 15.1. The number of anilines is 1. The maximum Gasteiger partial charge on any atom is 0.321 e. The summed E-state index contributed by atoms with van der Waals surface area (Å²) >= 11 is 0. The number of nitrogens with one attached hydrogen (secondary N) is 2. The van der Waals surface area contributed by atoms with Crippen LogP contribution >= 0.6 is 0 Å². The van der Waals surface area contributed by atoms with Gasteiger partial charge in [0.05, 0.1) is 6.42 Å². The van der Waals surface area contributed by atoms with E-state index >= 15 is 0 Å². The highest BCUT2D eigenvalue weighted by Crippen LogP contribution is 2.09. The van der Waals surface area contributed by atoms with Gasteiger partial charge in [0.25, 0.3) is 0 Å². The summed E-state index contributed by atoms with van der Waals surface area (Å²) in [5.74, 6) is -2.01. The molecule has 0 saturated carbocycles. The van der Waals surface area contributed by atoms with Crippen LogP contribution in [0.1, 0.15) is 19.8 Å². The molecule has 0 fully saturated rings. The van der Waals surface area contributed by atoms with Gasteiger partial charge in [-0.05, 0) is 31.2 Å². The summed E-state index contributed by atoms with van der Waals surface area (Å²) in [7, 11) is 0. The Morgan fingerprint density at radius 2 is 2.16 bits per heavy atom. The van der Waals surface area contributed by atoms with Crippen LogP contribution in [0.5, 0.6) is 0 Å². The summed E-state index contributed by atoms with van der Waals surface area (Å²) in [6.07, 6.45) is 0.571. The average molecular weight is 268 g/mol. The lowest BCUT2D eigenvalue weighted by atomic mass is 10.2. The van der Waals surface area contributed by atoms with Crippen LogP contribution < -0.4 is 10.6 Å². The third kappa shape index (κ3) is 5.48. The Morgan fingerprint density at radius 1 is 1.42 bits per heavy atom. The topological polar surface area (TPSA) is 78.4 Å². The Balaban J connectivity index is 2.55. The first-order valence-electron chi connectivity index (χ1n) is 6.04. The van der Waals surface area contributed by atoms with Crippen molar-refractivity contribution >= 4 is 17.6 Å². The van der Waals surface area contributed by atoms with Crippen LogP contribution in [-0.4, -0.2) is 29.6 Å². The maximum absolute atomic E-state index is 12.9. The second-order valence-electron chi connectivity index (χ2n) is 4.11. The quantitative estimate of drug-likeness (QED) is 0.702. The molecule has 1 atom stereocenters. The van der Waals surface area contributed by atoms with E-state index in [1.54, 1.807) is 0 Å². The molecule has 0 aromatic heterocycles. The molecule has 3 N–H and O–H groups in total. The second-order valence-corrected chi connectivity index (χ2v) is 4.11. The van der Waals surface area contributed by atoms with Crippen molar-refractivity contribution in [1.29, 1.82) is 0 Å². The zero-order valence-corrected chi connectivity index (χ0v) is 10.6. The monoisotopic (exact) mass is 268 g/mol. The van der Waals surface area contributed by atoms with Gasteiger partial charge in [0.2, 0.25) is 5.91 Å². The molecular weight excluding hydrogens is 251 g/mol. The summed E-state index contributed by atoms with van der Waals surface area (Å²) in [5.41, 5.74) is 0.310. The van der Waals surface area contributed by atoms with Gasteiger partial charge in [-0.15, -0.1) is 0 Å². The lowest BCUT2D eigenvalue weighted by Gasteiger charge is -2.13. The van der Waals surface area contributed by atoms with Crippen LogP contribution in [0.25, 0.3) is 0 Å². The van der Waals surface area contributed by atoms with E-state index in [0.717, 1.165) is 6.42 Å². The van der Waals surface area contributed by atoms with E-state index < -0.39 is 23.7 Å². The largest absolute Gasteiger partial charge is 0.480 e. The molecule has 0 bridgehead atoms. The minimum absolute atomic E-state index is 0.203. The Labute approximate surface area is 110 Å². The molecule has 0 aliphatic rings. The number of aliphatic carboxylic acids is 1. The molecule has 0 spiro atoms. The van der Waals surface area contributed by atoms with Crippen molar-refractivity contribution in [1.82, 2.24) is 5.32 Å². The number of carboxylic acid groups (broad SMARTS) is 1. The SMILES string of the molecule is CCCNC(CC(=O)Nc1cccc(F)c1)C(=O)O. The molecule has 0 aliphatic carbocycles. The molecule has 1 rings (SSSR count). The highest BCUT2D eigenvalue weighted by atomic mass is 19.1. The number of halogens is 1. The maximum atomic E-state index is 12.9. The number of amides is 1. The summed E-state index contributed by atoms with van der Waals surface area (Å²) in [6.45, 7) is 2.42. The smallest absolute Gasteiger partial charge is 0.321 e. The number of rotatable bonds is 7. The van der Waals surface area contributed by atoms with Crippen LogP contribution in [-0.2, 0) is 9.59 Å². The van der Waals surface area contributed by atoms with Gasteiger partial charge in [-0.2, -0.15) is 0 Å². The Hall–Kier alpha value is -1.95. The van der Waals surface area contributed by atoms with Gasteiger partial charge in [-0.25, -0.2) is 4.39 Å². The molecule has 1 amide bonds. The van der Waals surface area contributed by atoms with Crippen LogP contribution in [0.4, 0.5) is 10.1 Å². The Bertz CT molecular complexity index is 451. The van der Waals surface area contributed by atoms with E-state index in [-0.39, 0.29) is 6.42 Å². The summed E-state index contributed by atoms with van der Waals surface area (Å²) in [4.78, 5) is 22.6. The minimum atomic E-state index is -1.08. The third-order valence-electron chi connectivity index (χ3n) is 2.44. The van der Waals surface area contributed by atoms with Crippen molar-refractivity contribution in [2.75, 3.05) is 11.9 Å². The molecular formula is C13H17FN2O3. The minimum Gasteiger partial charge on any atom is -0.480 e. The molecule has 1 aromatic rings. The second kappa shape index (κ2) is 7.48. The van der Waals surface area contributed by atoms with Crippen molar-refractivity contribution < 1.29 is 19.1 Å². The van der Waals surface area contributed by atoms with Crippen molar-refractivity contribution in [2.24, 2.45) is 0 Å². The first-order valence-corrected chi connectivity index (χ1v) is 6.04. The number of hydrogen-bond donors (Lipinski definition) is 3. The van der Waals surface area contributed by atoms with Crippen molar-refractivity contribution in [3.8, 4) is 0 Å². The average Bonchev–Trinajstić information content (AvgIpc) is 2.34. The zero-order valence-electron chi connectivity index (χ0n) is 10.6.